The second kappa shape index (κ2) is 10.4. The third-order valence-corrected chi connectivity index (χ3v) is 5.02. The van der Waals surface area contributed by atoms with Gasteiger partial charge in [0.15, 0.2) is 5.96 Å². The molecule has 6 heteroatoms. The number of para-hydroxylation sites is 1. The summed E-state index contributed by atoms with van der Waals surface area (Å²) in [6.07, 6.45) is 3.42. The molecule has 2 rings (SSSR count). The lowest BCUT2D eigenvalue weighted by atomic mass is 9.95. The highest BCUT2D eigenvalue weighted by Crippen LogP contribution is 2.50. The maximum absolute atomic E-state index is 5.55. The van der Waals surface area contributed by atoms with Crippen molar-refractivity contribution in [3.8, 4) is 5.75 Å². The monoisotopic (exact) mass is 362 g/mol. The molecule has 0 unspecified atom stereocenters. The van der Waals surface area contributed by atoms with E-state index in [0.29, 0.717) is 0 Å². The highest BCUT2D eigenvalue weighted by atomic mass is 16.5. The van der Waals surface area contributed by atoms with Crippen molar-refractivity contribution < 1.29 is 9.47 Å². The fraction of sp³-hybridized carbons (Fsp3) is 0.650. The average Bonchev–Trinajstić information content (AvgIpc) is 3.45. The standard InChI is InChI=1S/C20H34N4O2/c1-21-19(22-12-14-24(2)13-7-15-25-3)23-16-20(10-11-20)17-8-5-6-9-18(17)26-4/h5-6,8-9H,7,10-16H2,1-4H3,(H2,21,22,23). The van der Waals surface area contributed by atoms with Crippen molar-refractivity contribution in [3.05, 3.63) is 29.8 Å². The van der Waals surface area contributed by atoms with Gasteiger partial charge in [0.1, 0.15) is 5.75 Å². The van der Waals surface area contributed by atoms with Gasteiger partial charge in [-0.2, -0.15) is 0 Å². The maximum atomic E-state index is 5.55. The molecule has 146 valence electrons. The van der Waals surface area contributed by atoms with E-state index in [1.165, 1.54) is 18.4 Å². The molecule has 1 saturated carbocycles. The summed E-state index contributed by atoms with van der Waals surface area (Å²) in [5.74, 6) is 1.84. The first kappa shape index (κ1) is 20.5. The molecule has 2 N–H and O–H groups in total. The Balaban J connectivity index is 1.77. The third-order valence-electron chi connectivity index (χ3n) is 5.02. The molecule has 26 heavy (non-hydrogen) atoms. The number of aliphatic imine (C=N–C) groups is 1. The van der Waals surface area contributed by atoms with Crippen LogP contribution in [0.15, 0.2) is 29.3 Å². The van der Waals surface area contributed by atoms with Gasteiger partial charge in [0.25, 0.3) is 0 Å². The Labute approximate surface area is 158 Å². The highest BCUT2D eigenvalue weighted by molar-refractivity contribution is 5.79. The van der Waals surface area contributed by atoms with Crippen molar-refractivity contribution in [2.75, 3.05) is 61.1 Å². The summed E-state index contributed by atoms with van der Waals surface area (Å²) in [5.41, 5.74) is 1.46. The summed E-state index contributed by atoms with van der Waals surface area (Å²) in [4.78, 5) is 6.65. The predicted molar refractivity (Wildman–Crippen MR) is 107 cm³/mol. The number of hydrogen-bond acceptors (Lipinski definition) is 4. The number of nitrogens with zero attached hydrogens (tertiary/aromatic N) is 2. The minimum absolute atomic E-state index is 0.168. The van der Waals surface area contributed by atoms with E-state index in [4.69, 9.17) is 9.47 Å². The smallest absolute Gasteiger partial charge is 0.191 e. The number of rotatable bonds is 11. The minimum atomic E-state index is 0.168. The van der Waals surface area contributed by atoms with E-state index >= 15 is 0 Å². The van der Waals surface area contributed by atoms with Gasteiger partial charge >= 0.3 is 0 Å². The van der Waals surface area contributed by atoms with Gasteiger partial charge in [0, 0.05) is 57.9 Å². The molecule has 0 aromatic heterocycles. The number of hydrogen-bond donors (Lipinski definition) is 2. The van der Waals surface area contributed by atoms with Crippen molar-refractivity contribution in [2.45, 2.75) is 24.7 Å². The number of likely N-dealkylation sites (N-methyl/N-ethyl adjacent to an activating group) is 1. The first-order valence-corrected chi connectivity index (χ1v) is 9.40. The molecule has 1 aliphatic carbocycles. The largest absolute Gasteiger partial charge is 0.496 e. The highest BCUT2D eigenvalue weighted by Gasteiger charge is 2.46. The molecule has 6 nitrogen and oxygen atoms in total. The zero-order valence-corrected chi connectivity index (χ0v) is 16.7. The zero-order chi connectivity index (χ0) is 18.8. The lowest BCUT2D eigenvalue weighted by molar-refractivity contribution is 0.180. The van der Waals surface area contributed by atoms with Crippen molar-refractivity contribution in [3.63, 3.8) is 0 Å². The molecule has 0 aliphatic heterocycles. The Morgan fingerprint density at radius 3 is 2.62 bits per heavy atom. The summed E-state index contributed by atoms with van der Waals surface area (Å²) in [5, 5.41) is 6.90. The maximum Gasteiger partial charge on any atom is 0.191 e. The number of nitrogens with one attached hydrogen (secondary N) is 2. The van der Waals surface area contributed by atoms with Crippen LogP contribution in [0.1, 0.15) is 24.8 Å². The Bertz CT molecular complexity index is 573. The van der Waals surface area contributed by atoms with Crippen LogP contribution >= 0.6 is 0 Å². The van der Waals surface area contributed by atoms with Gasteiger partial charge in [-0.15, -0.1) is 0 Å². The molecule has 0 atom stereocenters. The van der Waals surface area contributed by atoms with Crippen LogP contribution in [0.3, 0.4) is 0 Å². The molecule has 0 bridgehead atoms. The van der Waals surface area contributed by atoms with E-state index < -0.39 is 0 Å². The van der Waals surface area contributed by atoms with Crippen LogP contribution < -0.4 is 15.4 Å². The van der Waals surface area contributed by atoms with Crippen molar-refractivity contribution in [1.29, 1.82) is 0 Å². The summed E-state index contributed by atoms with van der Waals surface area (Å²) in [6, 6.07) is 8.33. The molecule has 1 aromatic rings. The Morgan fingerprint density at radius 1 is 1.19 bits per heavy atom. The van der Waals surface area contributed by atoms with E-state index in [1.54, 1.807) is 14.2 Å². The number of guanidine groups is 1. The van der Waals surface area contributed by atoms with Gasteiger partial charge in [-0.3, -0.25) is 4.99 Å². The Morgan fingerprint density at radius 2 is 1.96 bits per heavy atom. The fourth-order valence-electron chi connectivity index (χ4n) is 3.20. The van der Waals surface area contributed by atoms with E-state index in [1.807, 2.05) is 19.2 Å². The van der Waals surface area contributed by atoms with Crippen LogP contribution in [0.2, 0.25) is 0 Å². The van der Waals surface area contributed by atoms with Crippen molar-refractivity contribution in [1.82, 2.24) is 15.5 Å². The van der Waals surface area contributed by atoms with E-state index in [0.717, 1.165) is 50.9 Å². The average molecular weight is 363 g/mol. The minimum Gasteiger partial charge on any atom is -0.496 e. The molecule has 1 aromatic carbocycles. The summed E-state index contributed by atoms with van der Waals surface area (Å²) >= 11 is 0. The zero-order valence-electron chi connectivity index (χ0n) is 16.7. The predicted octanol–water partition coefficient (Wildman–Crippen LogP) is 1.86. The molecular formula is C20H34N4O2. The lowest BCUT2D eigenvalue weighted by Crippen LogP contribution is -2.43. The summed E-state index contributed by atoms with van der Waals surface area (Å²) in [7, 11) is 7.44. The van der Waals surface area contributed by atoms with Crippen molar-refractivity contribution in [2.24, 2.45) is 4.99 Å². The van der Waals surface area contributed by atoms with E-state index in [2.05, 4.69) is 39.7 Å². The SMILES string of the molecule is CN=C(NCCN(C)CCCOC)NCC1(c2ccccc2OC)CC1. The third kappa shape index (κ3) is 5.88. The molecule has 0 saturated heterocycles. The second-order valence-electron chi connectivity index (χ2n) is 6.98. The quantitative estimate of drug-likeness (QED) is 0.357. The first-order valence-electron chi connectivity index (χ1n) is 9.40. The molecule has 0 radical (unpaired) electrons. The van der Waals surface area contributed by atoms with E-state index in [9.17, 15) is 0 Å². The number of ether oxygens (including phenoxy) is 2. The van der Waals surface area contributed by atoms with Gasteiger partial charge in [-0.1, -0.05) is 18.2 Å². The second-order valence-corrected chi connectivity index (χ2v) is 6.98. The van der Waals surface area contributed by atoms with Crippen LogP contribution in [0, 0.1) is 0 Å². The van der Waals surface area contributed by atoms with Crippen LogP contribution in [0.25, 0.3) is 0 Å². The molecular weight excluding hydrogens is 328 g/mol. The Hall–Kier alpha value is -1.79. The van der Waals surface area contributed by atoms with Crippen molar-refractivity contribution >= 4 is 5.96 Å². The molecule has 0 heterocycles. The van der Waals surface area contributed by atoms with Gasteiger partial charge in [0.05, 0.1) is 7.11 Å². The van der Waals surface area contributed by atoms with Crippen LogP contribution in [0.4, 0.5) is 0 Å². The number of methoxy groups -OCH3 is 2. The van der Waals surface area contributed by atoms with Gasteiger partial charge < -0.3 is 25.0 Å². The van der Waals surface area contributed by atoms with Crippen LogP contribution in [-0.4, -0.2) is 72.0 Å². The first-order chi connectivity index (χ1) is 12.6. The lowest BCUT2D eigenvalue weighted by Gasteiger charge is -2.22. The fourth-order valence-corrected chi connectivity index (χ4v) is 3.20. The summed E-state index contributed by atoms with van der Waals surface area (Å²) in [6.45, 7) is 4.56. The molecule has 0 spiro atoms. The van der Waals surface area contributed by atoms with Gasteiger partial charge in [0.2, 0.25) is 0 Å². The van der Waals surface area contributed by atoms with Crippen LogP contribution in [0.5, 0.6) is 5.75 Å². The molecule has 1 aliphatic rings. The Kier molecular flexibility index (Phi) is 8.19. The summed E-state index contributed by atoms with van der Waals surface area (Å²) < 4.78 is 10.6. The molecule has 1 fully saturated rings. The van der Waals surface area contributed by atoms with Crippen LogP contribution in [-0.2, 0) is 10.2 Å². The van der Waals surface area contributed by atoms with E-state index in [-0.39, 0.29) is 5.41 Å². The van der Waals surface area contributed by atoms with Gasteiger partial charge in [-0.25, -0.2) is 0 Å². The topological polar surface area (TPSA) is 58.1 Å². The van der Waals surface area contributed by atoms with Gasteiger partial charge in [-0.05, 0) is 32.4 Å². The normalized spacial score (nSPS) is 15.8. The molecule has 0 amide bonds. The number of benzene rings is 1.